The maximum atomic E-state index is 12.3. The van der Waals surface area contributed by atoms with Gasteiger partial charge < -0.3 is 14.8 Å². The first-order chi connectivity index (χ1) is 13.4. The van der Waals surface area contributed by atoms with Crippen molar-refractivity contribution < 1.29 is 22.7 Å². The molecule has 0 radical (unpaired) electrons. The summed E-state index contributed by atoms with van der Waals surface area (Å²) < 4.78 is 35.8. The number of anilines is 1. The minimum Gasteiger partial charge on any atom is -0.493 e. The Bertz CT molecular complexity index is 942. The fourth-order valence-corrected chi connectivity index (χ4v) is 4.73. The van der Waals surface area contributed by atoms with E-state index in [1.807, 2.05) is 18.2 Å². The minimum atomic E-state index is -3.22. The SMILES string of the molecule is COc1ccc(CCNC(=O)c2ccc(N3CCCS3(=O)=O)cc2)cc1OC. The molecule has 0 aliphatic carbocycles. The molecule has 2 aromatic carbocycles. The predicted octanol–water partition coefficient (Wildman–Crippen LogP) is 2.22. The molecule has 1 aliphatic heterocycles. The molecule has 0 atom stereocenters. The van der Waals surface area contributed by atoms with E-state index in [4.69, 9.17) is 9.47 Å². The van der Waals surface area contributed by atoms with Crippen molar-refractivity contribution in [3.05, 3.63) is 53.6 Å². The van der Waals surface area contributed by atoms with E-state index in [0.717, 1.165) is 5.56 Å². The lowest BCUT2D eigenvalue weighted by Crippen LogP contribution is -2.26. The largest absolute Gasteiger partial charge is 0.493 e. The molecule has 1 heterocycles. The highest BCUT2D eigenvalue weighted by atomic mass is 32.2. The van der Waals surface area contributed by atoms with E-state index in [-0.39, 0.29) is 11.7 Å². The van der Waals surface area contributed by atoms with Gasteiger partial charge in [-0.2, -0.15) is 0 Å². The summed E-state index contributed by atoms with van der Waals surface area (Å²) in [7, 11) is -0.0460. The molecule has 8 heteroatoms. The predicted molar refractivity (Wildman–Crippen MR) is 108 cm³/mol. The topological polar surface area (TPSA) is 84.9 Å². The second-order valence-electron chi connectivity index (χ2n) is 6.48. The van der Waals surface area contributed by atoms with Crippen molar-refractivity contribution in [1.29, 1.82) is 0 Å². The van der Waals surface area contributed by atoms with Crippen molar-refractivity contribution in [2.45, 2.75) is 12.8 Å². The summed E-state index contributed by atoms with van der Waals surface area (Å²) in [5, 5.41) is 2.88. The third kappa shape index (κ3) is 4.39. The summed E-state index contributed by atoms with van der Waals surface area (Å²) in [6, 6.07) is 12.3. The van der Waals surface area contributed by atoms with Crippen LogP contribution in [0.2, 0.25) is 0 Å². The standard InChI is InChI=1S/C20H24N2O5S/c1-26-18-9-4-15(14-19(18)27-2)10-11-21-20(23)16-5-7-17(8-6-16)22-12-3-13-28(22,24)25/h4-9,14H,3,10-13H2,1-2H3,(H,21,23). The number of benzene rings is 2. The number of sulfonamides is 1. The summed E-state index contributed by atoms with van der Waals surface area (Å²) in [6.07, 6.45) is 1.27. The van der Waals surface area contributed by atoms with Gasteiger partial charge in [0.1, 0.15) is 0 Å². The molecule has 0 bridgehead atoms. The zero-order chi connectivity index (χ0) is 20.1. The van der Waals surface area contributed by atoms with E-state index in [0.29, 0.717) is 48.7 Å². The first-order valence-electron chi connectivity index (χ1n) is 9.04. The zero-order valence-electron chi connectivity index (χ0n) is 16.0. The number of carbonyl (C=O) groups excluding carboxylic acids is 1. The normalized spacial score (nSPS) is 15.3. The molecule has 1 fully saturated rings. The average Bonchev–Trinajstić information content (AvgIpc) is 3.06. The van der Waals surface area contributed by atoms with Gasteiger partial charge in [-0.15, -0.1) is 0 Å². The zero-order valence-corrected chi connectivity index (χ0v) is 16.8. The molecule has 0 aromatic heterocycles. The molecule has 28 heavy (non-hydrogen) atoms. The summed E-state index contributed by atoms with van der Waals surface area (Å²) in [5.41, 5.74) is 2.11. The van der Waals surface area contributed by atoms with Gasteiger partial charge in [-0.1, -0.05) is 6.07 Å². The molecule has 0 unspecified atom stereocenters. The smallest absolute Gasteiger partial charge is 0.251 e. The highest BCUT2D eigenvalue weighted by Crippen LogP contribution is 2.27. The molecule has 7 nitrogen and oxygen atoms in total. The van der Waals surface area contributed by atoms with Gasteiger partial charge in [0.2, 0.25) is 10.0 Å². The van der Waals surface area contributed by atoms with Gasteiger partial charge in [0.05, 0.1) is 25.7 Å². The van der Waals surface area contributed by atoms with Crippen molar-refractivity contribution in [3.63, 3.8) is 0 Å². The van der Waals surface area contributed by atoms with Gasteiger partial charge in [0, 0.05) is 18.7 Å². The number of nitrogens with zero attached hydrogens (tertiary/aromatic N) is 1. The molecule has 3 rings (SSSR count). The third-order valence-electron chi connectivity index (χ3n) is 4.66. The second kappa shape index (κ2) is 8.52. The van der Waals surface area contributed by atoms with E-state index in [9.17, 15) is 13.2 Å². The number of ether oxygens (including phenoxy) is 2. The molecule has 150 valence electrons. The molecule has 2 aromatic rings. The Labute approximate surface area is 165 Å². The van der Waals surface area contributed by atoms with Crippen LogP contribution in [-0.4, -0.2) is 47.4 Å². The quantitative estimate of drug-likeness (QED) is 0.765. The van der Waals surface area contributed by atoms with Crippen LogP contribution in [0, 0.1) is 0 Å². The number of hydrogen-bond acceptors (Lipinski definition) is 5. The average molecular weight is 404 g/mol. The fourth-order valence-electron chi connectivity index (χ4n) is 3.17. The van der Waals surface area contributed by atoms with Gasteiger partial charge in [0.25, 0.3) is 5.91 Å². The first kappa shape index (κ1) is 20.0. The van der Waals surface area contributed by atoms with Gasteiger partial charge in [-0.25, -0.2) is 8.42 Å². The van der Waals surface area contributed by atoms with Crippen LogP contribution in [0.4, 0.5) is 5.69 Å². The van der Waals surface area contributed by atoms with Crippen molar-refractivity contribution in [3.8, 4) is 11.5 Å². The number of methoxy groups -OCH3 is 2. The number of hydrogen-bond donors (Lipinski definition) is 1. The molecular formula is C20H24N2O5S. The fraction of sp³-hybridized carbons (Fsp3) is 0.350. The summed E-state index contributed by atoms with van der Waals surface area (Å²) in [5.74, 6) is 1.29. The van der Waals surface area contributed by atoms with E-state index >= 15 is 0 Å². The Morgan fingerprint density at radius 3 is 2.39 bits per heavy atom. The Morgan fingerprint density at radius 1 is 1.07 bits per heavy atom. The van der Waals surface area contributed by atoms with Crippen LogP contribution in [0.15, 0.2) is 42.5 Å². The van der Waals surface area contributed by atoms with E-state index in [1.165, 1.54) is 4.31 Å². The number of amides is 1. The van der Waals surface area contributed by atoms with Crippen LogP contribution in [0.1, 0.15) is 22.3 Å². The summed E-state index contributed by atoms with van der Waals surface area (Å²) in [6.45, 7) is 0.954. The summed E-state index contributed by atoms with van der Waals surface area (Å²) >= 11 is 0. The van der Waals surface area contributed by atoms with Crippen LogP contribution >= 0.6 is 0 Å². The van der Waals surface area contributed by atoms with Crippen molar-refractivity contribution in [2.75, 3.05) is 37.4 Å². The van der Waals surface area contributed by atoms with Crippen LogP contribution in [0.5, 0.6) is 11.5 Å². The monoisotopic (exact) mass is 404 g/mol. The van der Waals surface area contributed by atoms with Gasteiger partial charge >= 0.3 is 0 Å². The molecule has 1 saturated heterocycles. The van der Waals surface area contributed by atoms with Gasteiger partial charge in [-0.05, 0) is 54.8 Å². The van der Waals surface area contributed by atoms with Crippen molar-refractivity contribution >= 4 is 21.6 Å². The van der Waals surface area contributed by atoms with Crippen LogP contribution < -0.4 is 19.1 Å². The molecule has 1 aliphatic rings. The number of rotatable bonds is 7. The maximum absolute atomic E-state index is 12.3. The Hall–Kier alpha value is -2.74. The summed E-state index contributed by atoms with van der Waals surface area (Å²) in [4.78, 5) is 12.3. The van der Waals surface area contributed by atoms with Crippen molar-refractivity contribution in [1.82, 2.24) is 5.32 Å². The lowest BCUT2D eigenvalue weighted by molar-refractivity contribution is 0.0954. The molecule has 0 saturated carbocycles. The third-order valence-corrected chi connectivity index (χ3v) is 6.53. The Morgan fingerprint density at radius 2 is 1.79 bits per heavy atom. The van der Waals surface area contributed by atoms with E-state index < -0.39 is 10.0 Å². The number of nitrogens with one attached hydrogen (secondary N) is 1. The Balaban J connectivity index is 1.57. The van der Waals surface area contributed by atoms with Crippen LogP contribution in [-0.2, 0) is 16.4 Å². The highest BCUT2D eigenvalue weighted by molar-refractivity contribution is 7.93. The molecule has 1 N–H and O–H groups in total. The lowest BCUT2D eigenvalue weighted by atomic mass is 10.1. The minimum absolute atomic E-state index is 0.172. The van der Waals surface area contributed by atoms with E-state index in [2.05, 4.69) is 5.32 Å². The van der Waals surface area contributed by atoms with Crippen LogP contribution in [0.25, 0.3) is 0 Å². The van der Waals surface area contributed by atoms with Crippen molar-refractivity contribution in [2.24, 2.45) is 0 Å². The highest BCUT2D eigenvalue weighted by Gasteiger charge is 2.28. The first-order valence-corrected chi connectivity index (χ1v) is 10.6. The second-order valence-corrected chi connectivity index (χ2v) is 8.50. The van der Waals surface area contributed by atoms with Gasteiger partial charge in [0.15, 0.2) is 11.5 Å². The van der Waals surface area contributed by atoms with Crippen LogP contribution in [0.3, 0.4) is 0 Å². The number of carbonyl (C=O) groups is 1. The molecule has 0 spiro atoms. The Kier molecular flexibility index (Phi) is 6.08. The molecule has 1 amide bonds. The maximum Gasteiger partial charge on any atom is 0.251 e. The lowest BCUT2D eigenvalue weighted by Gasteiger charge is -2.17. The van der Waals surface area contributed by atoms with E-state index in [1.54, 1.807) is 38.5 Å². The molecular weight excluding hydrogens is 380 g/mol. The van der Waals surface area contributed by atoms with Gasteiger partial charge in [-0.3, -0.25) is 9.10 Å².